The molecule has 1 saturated heterocycles. The van der Waals surface area contributed by atoms with E-state index in [0.29, 0.717) is 0 Å². The maximum atomic E-state index is 9.10. The predicted octanol–water partition coefficient (Wildman–Crippen LogP) is 3.12. The Hall–Kier alpha value is -3.26. The first-order valence-electron chi connectivity index (χ1n) is 10.3. The van der Waals surface area contributed by atoms with Gasteiger partial charge in [0.15, 0.2) is 0 Å². The fourth-order valence-corrected chi connectivity index (χ4v) is 3.78. The van der Waals surface area contributed by atoms with E-state index in [-0.39, 0.29) is 0 Å². The fraction of sp³-hybridized carbons (Fsp3) is 0.391. The van der Waals surface area contributed by atoms with Crippen molar-refractivity contribution in [1.29, 1.82) is 0 Å². The molecule has 0 saturated carbocycles. The third-order valence-corrected chi connectivity index (χ3v) is 5.69. The van der Waals surface area contributed by atoms with Gasteiger partial charge in [0, 0.05) is 19.3 Å². The zero-order valence-corrected chi connectivity index (χ0v) is 17.9. The van der Waals surface area contributed by atoms with Crippen LogP contribution in [0.15, 0.2) is 42.9 Å². The van der Waals surface area contributed by atoms with Crippen molar-refractivity contribution in [2.45, 2.75) is 39.8 Å². The van der Waals surface area contributed by atoms with Crippen molar-refractivity contribution >= 4 is 23.0 Å². The number of piperidine rings is 1. The molecular weight excluding hydrogens is 396 g/mol. The van der Waals surface area contributed by atoms with E-state index in [1.54, 1.807) is 0 Å². The number of imidazole rings is 1. The van der Waals surface area contributed by atoms with E-state index in [2.05, 4.69) is 57.5 Å². The van der Waals surface area contributed by atoms with Gasteiger partial charge in [-0.1, -0.05) is 6.07 Å². The number of aryl methyl sites for hydroxylation is 2. The van der Waals surface area contributed by atoms with E-state index >= 15 is 0 Å². The highest BCUT2D eigenvalue weighted by Gasteiger charge is 2.20. The number of likely N-dealkylation sites (tertiary alicyclic amines) is 1. The smallest absolute Gasteiger partial charge is 0.414 e. The number of aromatic nitrogens is 3. The molecular formula is C23H28N4O4. The van der Waals surface area contributed by atoms with Crippen LogP contribution >= 0.6 is 0 Å². The normalized spacial score (nSPS) is 14.8. The van der Waals surface area contributed by atoms with Crippen LogP contribution in [0, 0.1) is 19.8 Å². The number of carboxylic acids is 2. The first kappa shape index (κ1) is 22.4. The van der Waals surface area contributed by atoms with Gasteiger partial charge in [0.25, 0.3) is 0 Å². The summed E-state index contributed by atoms with van der Waals surface area (Å²) < 4.78 is 2.35. The molecule has 0 spiro atoms. The molecule has 8 nitrogen and oxygen atoms in total. The summed E-state index contributed by atoms with van der Waals surface area (Å²) >= 11 is 0. The molecule has 0 unspecified atom stereocenters. The van der Waals surface area contributed by atoms with Crippen LogP contribution in [0.5, 0.6) is 0 Å². The number of benzene rings is 1. The molecule has 1 aromatic carbocycles. The molecule has 0 atom stereocenters. The molecule has 1 aliphatic heterocycles. The standard InChI is InChI=1S/C21H26N4.C2H2O4/c1-16-11-20-21(12-17(16)2)25(15-23-20)13-18-6-9-24(10-7-18)14-19-5-3-4-8-22-19;3-1(4)2(5)6/h3-5,8,11-12,15,18H,6-7,9-10,13-14H2,1-2H3;(H,3,4)(H,5,6). The first-order valence-corrected chi connectivity index (χ1v) is 10.3. The molecule has 0 aliphatic carbocycles. The third-order valence-electron chi connectivity index (χ3n) is 5.69. The lowest BCUT2D eigenvalue weighted by molar-refractivity contribution is -0.159. The lowest BCUT2D eigenvalue weighted by Crippen LogP contribution is -2.34. The van der Waals surface area contributed by atoms with Gasteiger partial charge in [-0.2, -0.15) is 0 Å². The van der Waals surface area contributed by atoms with E-state index < -0.39 is 11.9 Å². The highest BCUT2D eigenvalue weighted by Crippen LogP contribution is 2.24. The van der Waals surface area contributed by atoms with Gasteiger partial charge in [-0.05, 0) is 81.1 Å². The zero-order chi connectivity index (χ0) is 22.4. The van der Waals surface area contributed by atoms with E-state index in [0.717, 1.165) is 37.6 Å². The number of nitrogens with zero attached hydrogens (tertiary/aromatic N) is 4. The van der Waals surface area contributed by atoms with E-state index in [4.69, 9.17) is 19.8 Å². The molecule has 4 rings (SSSR count). The number of carboxylic acid groups (broad SMARTS) is 2. The fourth-order valence-electron chi connectivity index (χ4n) is 3.78. The molecule has 2 N–H and O–H groups in total. The molecule has 8 heteroatoms. The molecule has 164 valence electrons. The summed E-state index contributed by atoms with van der Waals surface area (Å²) in [7, 11) is 0. The Kier molecular flexibility index (Phi) is 7.36. The minimum absolute atomic E-state index is 0.735. The Morgan fingerprint density at radius 1 is 1.03 bits per heavy atom. The number of hydrogen-bond acceptors (Lipinski definition) is 5. The van der Waals surface area contributed by atoms with Gasteiger partial charge >= 0.3 is 11.9 Å². The molecule has 0 radical (unpaired) electrons. The van der Waals surface area contributed by atoms with Gasteiger partial charge in [0.05, 0.1) is 23.1 Å². The quantitative estimate of drug-likeness (QED) is 0.620. The van der Waals surface area contributed by atoms with Crippen molar-refractivity contribution < 1.29 is 19.8 Å². The number of carbonyl (C=O) groups is 2. The third kappa shape index (κ3) is 6.11. The largest absolute Gasteiger partial charge is 0.473 e. The maximum absolute atomic E-state index is 9.10. The van der Waals surface area contributed by atoms with Crippen LogP contribution in [-0.2, 0) is 22.7 Å². The lowest BCUT2D eigenvalue weighted by atomic mass is 9.96. The van der Waals surface area contributed by atoms with E-state index in [1.807, 2.05) is 18.6 Å². The first-order chi connectivity index (χ1) is 14.8. The Labute approximate surface area is 181 Å². The molecule has 0 bridgehead atoms. The summed E-state index contributed by atoms with van der Waals surface area (Å²) in [5.41, 5.74) is 6.24. The Morgan fingerprint density at radius 3 is 2.32 bits per heavy atom. The number of rotatable bonds is 4. The summed E-state index contributed by atoms with van der Waals surface area (Å²) in [4.78, 5) is 29.8. The average Bonchev–Trinajstić information content (AvgIpc) is 3.12. The maximum Gasteiger partial charge on any atom is 0.414 e. The monoisotopic (exact) mass is 424 g/mol. The highest BCUT2D eigenvalue weighted by molar-refractivity contribution is 6.27. The minimum Gasteiger partial charge on any atom is -0.473 e. The lowest BCUT2D eigenvalue weighted by Gasteiger charge is -2.32. The van der Waals surface area contributed by atoms with Crippen molar-refractivity contribution in [3.8, 4) is 0 Å². The molecule has 1 aliphatic rings. The number of pyridine rings is 1. The summed E-state index contributed by atoms with van der Waals surface area (Å²) in [5.74, 6) is -2.91. The van der Waals surface area contributed by atoms with Crippen molar-refractivity contribution in [3.63, 3.8) is 0 Å². The van der Waals surface area contributed by atoms with Crippen LogP contribution in [0.1, 0.15) is 29.7 Å². The van der Waals surface area contributed by atoms with Crippen LogP contribution in [0.25, 0.3) is 11.0 Å². The van der Waals surface area contributed by atoms with E-state index in [9.17, 15) is 0 Å². The Bertz CT molecular complexity index is 1030. The van der Waals surface area contributed by atoms with Crippen molar-refractivity contribution in [1.82, 2.24) is 19.4 Å². The summed E-state index contributed by atoms with van der Waals surface area (Å²) in [6, 6.07) is 10.7. The van der Waals surface area contributed by atoms with Crippen LogP contribution in [0.4, 0.5) is 0 Å². The van der Waals surface area contributed by atoms with Gasteiger partial charge in [-0.3, -0.25) is 9.88 Å². The van der Waals surface area contributed by atoms with Crippen molar-refractivity contribution in [2.75, 3.05) is 13.1 Å². The van der Waals surface area contributed by atoms with Gasteiger partial charge in [0.2, 0.25) is 0 Å². The summed E-state index contributed by atoms with van der Waals surface area (Å²) in [6.45, 7) is 8.71. The van der Waals surface area contributed by atoms with Gasteiger partial charge in [0.1, 0.15) is 0 Å². The zero-order valence-electron chi connectivity index (χ0n) is 17.9. The second kappa shape index (κ2) is 10.2. The van der Waals surface area contributed by atoms with Crippen LogP contribution in [0.2, 0.25) is 0 Å². The second-order valence-electron chi connectivity index (χ2n) is 7.97. The summed E-state index contributed by atoms with van der Waals surface area (Å²) in [6.07, 6.45) is 6.40. The van der Waals surface area contributed by atoms with Crippen molar-refractivity contribution in [3.05, 3.63) is 59.7 Å². The predicted molar refractivity (Wildman–Crippen MR) is 117 cm³/mol. The molecule has 31 heavy (non-hydrogen) atoms. The Morgan fingerprint density at radius 2 is 1.71 bits per heavy atom. The average molecular weight is 425 g/mol. The van der Waals surface area contributed by atoms with E-state index in [1.165, 1.54) is 35.2 Å². The van der Waals surface area contributed by atoms with Crippen LogP contribution < -0.4 is 0 Å². The SMILES string of the molecule is Cc1cc2ncn(CC3CCN(Cc4ccccn4)CC3)c2cc1C.O=C(O)C(=O)O. The number of hydrogen-bond donors (Lipinski definition) is 2. The minimum atomic E-state index is -1.82. The van der Waals surface area contributed by atoms with Crippen LogP contribution in [0.3, 0.4) is 0 Å². The van der Waals surface area contributed by atoms with Gasteiger partial charge < -0.3 is 14.8 Å². The van der Waals surface area contributed by atoms with Crippen molar-refractivity contribution in [2.24, 2.45) is 5.92 Å². The van der Waals surface area contributed by atoms with Crippen LogP contribution in [-0.4, -0.2) is 54.7 Å². The topological polar surface area (TPSA) is 109 Å². The van der Waals surface area contributed by atoms with Gasteiger partial charge in [-0.15, -0.1) is 0 Å². The highest BCUT2D eigenvalue weighted by atomic mass is 16.4. The number of fused-ring (bicyclic) bond motifs is 1. The molecule has 3 aromatic rings. The second-order valence-corrected chi connectivity index (χ2v) is 7.97. The molecule has 2 aromatic heterocycles. The number of aliphatic carboxylic acids is 2. The molecule has 0 amide bonds. The molecule has 3 heterocycles. The molecule has 1 fully saturated rings. The summed E-state index contributed by atoms with van der Waals surface area (Å²) in [5, 5.41) is 14.8. The Balaban J connectivity index is 0.000000401. The van der Waals surface area contributed by atoms with Gasteiger partial charge in [-0.25, -0.2) is 14.6 Å².